The summed E-state index contributed by atoms with van der Waals surface area (Å²) in [6, 6.07) is 6.92. The summed E-state index contributed by atoms with van der Waals surface area (Å²) in [6.07, 6.45) is 3.22. The van der Waals surface area contributed by atoms with E-state index < -0.39 is 5.97 Å². The highest BCUT2D eigenvalue weighted by molar-refractivity contribution is 5.89. The number of aliphatic carboxylic acids is 1. The summed E-state index contributed by atoms with van der Waals surface area (Å²) >= 11 is 0. The zero-order valence-corrected chi connectivity index (χ0v) is 11.6. The number of carboxylic acid groups (broad SMARTS) is 1. The van der Waals surface area contributed by atoms with E-state index in [9.17, 15) is 9.59 Å². The lowest BCUT2D eigenvalue weighted by atomic mass is 10.1. The Labute approximate surface area is 118 Å². The van der Waals surface area contributed by atoms with Gasteiger partial charge in [0.2, 0.25) is 0 Å². The summed E-state index contributed by atoms with van der Waals surface area (Å²) in [5, 5.41) is 14.4. The third-order valence-electron chi connectivity index (χ3n) is 3.60. The van der Waals surface area contributed by atoms with E-state index in [1.165, 1.54) is 0 Å². The molecule has 20 heavy (non-hydrogen) atoms. The van der Waals surface area contributed by atoms with Crippen molar-refractivity contribution in [2.45, 2.75) is 38.6 Å². The Morgan fingerprint density at radius 3 is 2.50 bits per heavy atom. The van der Waals surface area contributed by atoms with Gasteiger partial charge in [0, 0.05) is 11.7 Å². The molecule has 0 saturated heterocycles. The third-order valence-corrected chi connectivity index (χ3v) is 3.60. The summed E-state index contributed by atoms with van der Waals surface area (Å²) < 4.78 is 0. The molecule has 1 aliphatic rings. The molecule has 0 heterocycles. The van der Waals surface area contributed by atoms with Crippen LogP contribution in [0.25, 0.3) is 0 Å². The number of amides is 2. The number of hydrogen-bond donors (Lipinski definition) is 3. The second-order valence-electron chi connectivity index (χ2n) is 5.48. The molecule has 2 rings (SSSR count). The van der Waals surface area contributed by atoms with Crippen molar-refractivity contribution in [2.24, 2.45) is 5.92 Å². The molecule has 2 amide bonds. The van der Waals surface area contributed by atoms with E-state index in [1.54, 1.807) is 24.3 Å². The lowest BCUT2D eigenvalue weighted by Gasteiger charge is -2.13. The lowest BCUT2D eigenvalue weighted by Crippen LogP contribution is -2.36. The van der Waals surface area contributed by atoms with Gasteiger partial charge in [-0.25, -0.2) is 4.79 Å². The topological polar surface area (TPSA) is 78.4 Å². The van der Waals surface area contributed by atoms with Gasteiger partial charge < -0.3 is 15.7 Å². The van der Waals surface area contributed by atoms with E-state index in [0.29, 0.717) is 17.2 Å². The standard InChI is InChI=1S/C15H20N2O3/c1-10-2-5-13(8-10)17-15(20)16-12-6-3-11(4-7-12)9-14(18)19/h3-4,6-7,10,13H,2,5,8-9H2,1H3,(H,18,19)(H2,16,17,20). The highest BCUT2D eigenvalue weighted by Crippen LogP contribution is 2.24. The van der Waals surface area contributed by atoms with Gasteiger partial charge in [0.15, 0.2) is 0 Å². The van der Waals surface area contributed by atoms with E-state index in [-0.39, 0.29) is 18.5 Å². The molecule has 1 fully saturated rings. The van der Waals surface area contributed by atoms with Gasteiger partial charge in [-0.15, -0.1) is 0 Å². The summed E-state index contributed by atoms with van der Waals surface area (Å²) in [4.78, 5) is 22.4. The number of carboxylic acids is 1. The molecular formula is C15H20N2O3. The number of hydrogen-bond acceptors (Lipinski definition) is 2. The third kappa shape index (κ3) is 4.26. The molecule has 0 aliphatic heterocycles. The van der Waals surface area contributed by atoms with Gasteiger partial charge in [0.25, 0.3) is 0 Å². The number of rotatable bonds is 4. The maximum atomic E-state index is 11.8. The maximum absolute atomic E-state index is 11.8. The number of carbonyl (C=O) groups excluding carboxylic acids is 1. The average Bonchev–Trinajstić information content (AvgIpc) is 2.76. The fourth-order valence-corrected chi connectivity index (χ4v) is 2.57. The normalized spacial score (nSPS) is 21.4. The molecule has 1 aromatic rings. The number of urea groups is 1. The Kier molecular flexibility index (Phi) is 4.61. The van der Waals surface area contributed by atoms with E-state index in [4.69, 9.17) is 5.11 Å². The fourth-order valence-electron chi connectivity index (χ4n) is 2.57. The van der Waals surface area contributed by atoms with Crippen LogP contribution in [0.3, 0.4) is 0 Å². The molecule has 1 saturated carbocycles. The van der Waals surface area contributed by atoms with E-state index in [0.717, 1.165) is 19.3 Å². The summed E-state index contributed by atoms with van der Waals surface area (Å²) in [6.45, 7) is 2.20. The van der Waals surface area contributed by atoms with Crippen molar-refractivity contribution in [3.8, 4) is 0 Å². The minimum atomic E-state index is -0.862. The highest BCUT2D eigenvalue weighted by Gasteiger charge is 2.22. The van der Waals surface area contributed by atoms with E-state index in [1.807, 2.05) is 0 Å². The van der Waals surface area contributed by atoms with Crippen molar-refractivity contribution in [2.75, 3.05) is 5.32 Å². The first kappa shape index (κ1) is 14.4. The lowest BCUT2D eigenvalue weighted by molar-refractivity contribution is -0.136. The smallest absolute Gasteiger partial charge is 0.319 e. The minimum absolute atomic E-state index is 0.00750. The molecule has 1 aromatic carbocycles. The van der Waals surface area contributed by atoms with Crippen LogP contribution in [0.2, 0.25) is 0 Å². The molecule has 108 valence electrons. The van der Waals surface area contributed by atoms with Gasteiger partial charge in [-0.05, 0) is 42.9 Å². The molecule has 2 atom stereocenters. The quantitative estimate of drug-likeness (QED) is 0.791. The Morgan fingerprint density at radius 2 is 1.95 bits per heavy atom. The van der Waals surface area contributed by atoms with Crippen molar-refractivity contribution in [3.63, 3.8) is 0 Å². The zero-order chi connectivity index (χ0) is 14.5. The zero-order valence-electron chi connectivity index (χ0n) is 11.6. The summed E-state index contributed by atoms with van der Waals surface area (Å²) in [5.74, 6) is -0.186. The van der Waals surface area contributed by atoms with Crippen molar-refractivity contribution in [1.82, 2.24) is 5.32 Å². The number of carbonyl (C=O) groups is 2. The molecule has 0 radical (unpaired) electrons. The van der Waals surface area contributed by atoms with Crippen molar-refractivity contribution < 1.29 is 14.7 Å². The van der Waals surface area contributed by atoms with E-state index >= 15 is 0 Å². The van der Waals surface area contributed by atoms with Crippen LogP contribution in [-0.2, 0) is 11.2 Å². The predicted molar refractivity (Wildman–Crippen MR) is 76.7 cm³/mol. The van der Waals surface area contributed by atoms with Gasteiger partial charge in [-0.2, -0.15) is 0 Å². The van der Waals surface area contributed by atoms with Crippen LogP contribution in [0.1, 0.15) is 31.7 Å². The van der Waals surface area contributed by atoms with Gasteiger partial charge in [-0.1, -0.05) is 19.1 Å². The van der Waals surface area contributed by atoms with Crippen molar-refractivity contribution in [3.05, 3.63) is 29.8 Å². The molecular weight excluding hydrogens is 256 g/mol. The van der Waals surface area contributed by atoms with Crippen LogP contribution in [0.15, 0.2) is 24.3 Å². The first-order chi connectivity index (χ1) is 9.52. The van der Waals surface area contributed by atoms with Gasteiger partial charge >= 0.3 is 12.0 Å². The second-order valence-corrected chi connectivity index (χ2v) is 5.48. The number of anilines is 1. The van der Waals surface area contributed by atoms with Crippen LogP contribution in [-0.4, -0.2) is 23.1 Å². The molecule has 5 heteroatoms. The molecule has 5 nitrogen and oxygen atoms in total. The van der Waals surface area contributed by atoms with Gasteiger partial charge in [-0.3, -0.25) is 4.79 Å². The molecule has 0 bridgehead atoms. The average molecular weight is 276 g/mol. The monoisotopic (exact) mass is 276 g/mol. The summed E-state index contributed by atoms with van der Waals surface area (Å²) in [7, 11) is 0. The fraction of sp³-hybridized carbons (Fsp3) is 0.467. The number of nitrogens with one attached hydrogen (secondary N) is 2. The van der Waals surface area contributed by atoms with Crippen molar-refractivity contribution >= 4 is 17.7 Å². The van der Waals surface area contributed by atoms with Crippen LogP contribution < -0.4 is 10.6 Å². The SMILES string of the molecule is CC1CCC(NC(=O)Nc2ccc(CC(=O)O)cc2)C1. The first-order valence-corrected chi connectivity index (χ1v) is 6.91. The van der Waals surface area contributed by atoms with E-state index in [2.05, 4.69) is 17.6 Å². The maximum Gasteiger partial charge on any atom is 0.319 e. The second kappa shape index (κ2) is 6.41. The Hall–Kier alpha value is -2.04. The van der Waals surface area contributed by atoms with Crippen molar-refractivity contribution in [1.29, 1.82) is 0 Å². The molecule has 1 aliphatic carbocycles. The minimum Gasteiger partial charge on any atom is -0.481 e. The Bertz CT molecular complexity index is 484. The first-order valence-electron chi connectivity index (χ1n) is 6.91. The number of benzene rings is 1. The van der Waals surface area contributed by atoms with Crippen LogP contribution in [0.5, 0.6) is 0 Å². The molecule has 3 N–H and O–H groups in total. The highest BCUT2D eigenvalue weighted by atomic mass is 16.4. The summed E-state index contributed by atoms with van der Waals surface area (Å²) in [5.41, 5.74) is 1.38. The Balaban J connectivity index is 1.83. The van der Waals surface area contributed by atoms with Gasteiger partial charge in [0.1, 0.15) is 0 Å². The van der Waals surface area contributed by atoms with Crippen LogP contribution in [0, 0.1) is 5.92 Å². The molecule has 2 unspecified atom stereocenters. The van der Waals surface area contributed by atoms with Gasteiger partial charge in [0.05, 0.1) is 6.42 Å². The largest absolute Gasteiger partial charge is 0.481 e. The molecule has 0 spiro atoms. The van der Waals surface area contributed by atoms with Crippen LogP contribution in [0.4, 0.5) is 10.5 Å². The predicted octanol–water partition coefficient (Wildman–Crippen LogP) is 2.62. The Morgan fingerprint density at radius 1 is 1.25 bits per heavy atom. The molecule has 0 aromatic heterocycles. The van der Waals surface area contributed by atoms with Crippen LogP contribution >= 0.6 is 0 Å².